The van der Waals surface area contributed by atoms with Crippen molar-refractivity contribution in [2.75, 3.05) is 5.32 Å². The normalized spacial score (nSPS) is 10.5. The lowest BCUT2D eigenvalue weighted by Crippen LogP contribution is -2.00. The highest BCUT2D eigenvalue weighted by atomic mass is 35.5. The molecule has 0 aliphatic heterocycles. The highest BCUT2D eigenvalue weighted by Gasteiger charge is 2.07. The van der Waals surface area contributed by atoms with Gasteiger partial charge in [0.15, 0.2) is 0 Å². The fraction of sp³-hybridized carbons (Fsp3) is 0.0667. The summed E-state index contributed by atoms with van der Waals surface area (Å²) in [5, 5.41) is 21.1. The molecule has 0 fully saturated rings. The zero-order valence-electron chi connectivity index (χ0n) is 11.0. The maximum absolute atomic E-state index is 9.82. The Morgan fingerprint density at radius 2 is 2.05 bits per heavy atom. The van der Waals surface area contributed by atoms with E-state index in [2.05, 4.69) is 15.5 Å². The van der Waals surface area contributed by atoms with Gasteiger partial charge in [0, 0.05) is 28.4 Å². The third-order valence-electron chi connectivity index (χ3n) is 3.03. The Bertz CT molecular complexity index is 724. The maximum atomic E-state index is 9.82. The van der Waals surface area contributed by atoms with Gasteiger partial charge in [-0.2, -0.15) is 0 Å². The Labute approximate surface area is 126 Å². The number of hydrogen-bond donors (Lipinski definition) is 2. The van der Waals surface area contributed by atoms with Crippen LogP contribution in [0.5, 0.6) is 5.75 Å². The summed E-state index contributed by atoms with van der Waals surface area (Å²) in [4.78, 5) is 0. The second kappa shape index (κ2) is 5.85. The van der Waals surface area contributed by atoms with Crippen molar-refractivity contribution >= 4 is 17.3 Å². The van der Waals surface area contributed by atoms with Crippen LogP contribution in [0.3, 0.4) is 0 Å². The molecule has 0 unspecified atom stereocenters. The van der Waals surface area contributed by atoms with E-state index in [0.717, 1.165) is 11.3 Å². The van der Waals surface area contributed by atoms with E-state index in [-0.39, 0.29) is 5.75 Å². The van der Waals surface area contributed by atoms with Crippen molar-refractivity contribution in [2.24, 2.45) is 0 Å². The van der Waals surface area contributed by atoms with E-state index in [1.54, 1.807) is 18.2 Å². The summed E-state index contributed by atoms with van der Waals surface area (Å²) < 4.78 is 5.16. The number of nitrogens with one attached hydrogen (secondary N) is 1. The van der Waals surface area contributed by atoms with Gasteiger partial charge in [0.2, 0.25) is 12.3 Å². The van der Waals surface area contributed by atoms with Crippen LogP contribution >= 0.6 is 11.6 Å². The van der Waals surface area contributed by atoms with E-state index in [1.807, 2.05) is 24.3 Å². The summed E-state index contributed by atoms with van der Waals surface area (Å²) in [5.41, 5.74) is 2.34. The number of aromatic nitrogens is 2. The first-order valence-electron chi connectivity index (χ1n) is 6.31. The van der Waals surface area contributed by atoms with Crippen LogP contribution in [0.15, 0.2) is 53.3 Å². The lowest BCUT2D eigenvalue weighted by Gasteiger charge is -2.10. The molecular weight excluding hydrogens is 290 g/mol. The minimum atomic E-state index is 0.169. The Morgan fingerprint density at radius 3 is 2.81 bits per heavy atom. The van der Waals surface area contributed by atoms with Gasteiger partial charge in [0.05, 0.1) is 0 Å². The molecule has 1 aromatic heterocycles. The average molecular weight is 302 g/mol. The third-order valence-corrected chi connectivity index (χ3v) is 3.39. The van der Waals surface area contributed by atoms with Crippen molar-refractivity contribution in [3.05, 3.63) is 59.4 Å². The van der Waals surface area contributed by atoms with Crippen molar-refractivity contribution in [2.45, 2.75) is 6.54 Å². The van der Waals surface area contributed by atoms with Crippen LogP contribution in [-0.2, 0) is 6.54 Å². The van der Waals surface area contributed by atoms with Gasteiger partial charge in [0.1, 0.15) is 5.75 Å². The van der Waals surface area contributed by atoms with E-state index in [4.69, 9.17) is 16.0 Å². The second-order valence-electron chi connectivity index (χ2n) is 4.42. The molecule has 0 saturated heterocycles. The molecule has 0 saturated carbocycles. The molecule has 21 heavy (non-hydrogen) atoms. The number of rotatable bonds is 4. The van der Waals surface area contributed by atoms with E-state index >= 15 is 0 Å². The zero-order chi connectivity index (χ0) is 14.7. The molecule has 2 N–H and O–H groups in total. The molecule has 0 aliphatic carbocycles. The molecule has 3 rings (SSSR count). The van der Waals surface area contributed by atoms with Crippen LogP contribution in [0.1, 0.15) is 5.56 Å². The van der Waals surface area contributed by atoms with Gasteiger partial charge in [-0.1, -0.05) is 23.7 Å². The number of phenols is 1. The minimum Gasteiger partial charge on any atom is -0.508 e. The molecule has 0 atom stereocenters. The third kappa shape index (κ3) is 2.98. The largest absolute Gasteiger partial charge is 0.508 e. The van der Waals surface area contributed by atoms with E-state index in [9.17, 15) is 5.11 Å². The highest BCUT2D eigenvalue weighted by Crippen LogP contribution is 2.27. The predicted octanol–water partition coefficient (Wildman–Crippen LogP) is 3.71. The van der Waals surface area contributed by atoms with E-state index in [1.165, 1.54) is 6.39 Å². The topological polar surface area (TPSA) is 71.2 Å². The molecule has 0 aliphatic rings. The monoisotopic (exact) mass is 301 g/mol. The molecule has 0 radical (unpaired) electrons. The van der Waals surface area contributed by atoms with Crippen molar-refractivity contribution < 1.29 is 9.52 Å². The molecular formula is C15H12ClN3O2. The van der Waals surface area contributed by atoms with Crippen LogP contribution in [0.25, 0.3) is 11.5 Å². The first kappa shape index (κ1) is 13.5. The summed E-state index contributed by atoms with van der Waals surface area (Å²) in [7, 11) is 0. The number of aromatic hydroxyl groups is 1. The molecule has 1 heterocycles. The average Bonchev–Trinajstić information content (AvgIpc) is 3.01. The van der Waals surface area contributed by atoms with Crippen molar-refractivity contribution in [3.63, 3.8) is 0 Å². The standard InChI is InChI=1S/C15H12ClN3O2/c16-13-5-2-6-14(20)12(13)8-17-11-4-1-3-10(7-11)15-19-18-9-21-15/h1-7,9,17,20H,8H2. The van der Waals surface area contributed by atoms with Crippen LogP contribution in [0, 0.1) is 0 Å². The van der Waals surface area contributed by atoms with Gasteiger partial charge in [-0.25, -0.2) is 0 Å². The van der Waals surface area contributed by atoms with Crippen LogP contribution in [-0.4, -0.2) is 15.3 Å². The van der Waals surface area contributed by atoms with Gasteiger partial charge in [-0.15, -0.1) is 10.2 Å². The minimum absolute atomic E-state index is 0.169. The number of halogens is 1. The smallest absolute Gasteiger partial charge is 0.247 e. The summed E-state index contributed by atoms with van der Waals surface area (Å²) >= 11 is 6.07. The quantitative estimate of drug-likeness (QED) is 0.768. The zero-order valence-corrected chi connectivity index (χ0v) is 11.7. The van der Waals surface area contributed by atoms with Gasteiger partial charge in [0.25, 0.3) is 0 Å². The Kier molecular flexibility index (Phi) is 3.75. The molecule has 6 heteroatoms. The molecule has 0 bridgehead atoms. The van der Waals surface area contributed by atoms with Crippen LogP contribution in [0.2, 0.25) is 5.02 Å². The molecule has 3 aromatic rings. The van der Waals surface area contributed by atoms with Gasteiger partial charge >= 0.3 is 0 Å². The van der Waals surface area contributed by atoms with E-state index < -0.39 is 0 Å². The van der Waals surface area contributed by atoms with Crippen LogP contribution < -0.4 is 5.32 Å². The van der Waals surface area contributed by atoms with Gasteiger partial charge in [-0.05, 0) is 30.3 Å². The van der Waals surface area contributed by atoms with Crippen LogP contribution in [0.4, 0.5) is 5.69 Å². The predicted molar refractivity (Wildman–Crippen MR) is 80.2 cm³/mol. The number of anilines is 1. The fourth-order valence-electron chi connectivity index (χ4n) is 1.97. The molecule has 0 amide bonds. The summed E-state index contributed by atoms with van der Waals surface area (Å²) in [6, 6.07) is 12.6. The SMILES string of the molecule is Oc1cccc(Cl)c1CNc1cccc(-c2nnco2)c1. The molecule has 2 aromatic carbocycles. The van der Waals surface area contributed by atoms with Crippen molar-refractivity contribution in [1.82, 2.24) is 10.2 Å². The van der Waals surface area contributed by atoms with Crippen molar-refractivity contribution in [3.8, 4) is 17.2 Å². The molecule has 0 spiro atoms. The first-order chi connectivity index (χ1) is 10.2. The van der Waals surface area contributed by atoms with Crippen molar-refractivity contribution in [1.29, 1.82) is 0 Å². The van der Waals surface area contributed by atoms with Gasteiger partial charge in [-0.3, -0.25) is 0 Å². The number of phenolic OH excluding ortho intramolecular Hbond substituents is 1. The maximum Gasteiger partial charge on any atom is 0.247 e. The highest BCUT2D eigenvalue weighted by molar-refractivity contribution is 6.31. The second-order valence-corrected chi connectivity index (χ2v) is 4.82. The van der Waals surface area contributed by atoms with E-state index in [0.29, 0.717) is 23.0 Å². The summed E-state index contributed by atoms with van der Waals surface area (Å²) in [6.45, 7) is 0.415. The summed E-state index contributed by atoms with van der Waals surface area (Å²) in [5.74, 6) is 0.627. The summed E-state index contributed by atoms with van der Waals surface area (Å²) in [6.07, 6.45) is 1.29. The lowest BCUT2D eigenvalue weighted by atomic mass is 10.1. The van der Waals surface area contributed by atoms with Gasteiger partial charge < -0.3 is 14.8 Å². The number of benzene rings is 2. The number of hydrogen-bond acceptors (Lipinski definition) is 5. The first-order valence-corrected chi connectivity index (χ1v) is 6.68. The number of nitrogens with zero attached hydrogens (tertiary/aromatic N) is 2. The molecule has 106 valence electrons. The Morgan fingerprint density at radius 1 is 1.19 bits per heavy atom. The molecule has 5 nitrogen and oxygen atoms in total. The Balaban J connectivity index is 1.78. The lowest BCUT2D eigenvalue weighted by molar-refractivity contribution is 0.469. The Hall–Kier alpha value is -2.53. The fourth-order valence-corrected chi connectivity index (χ4v) is 2.21.